The minimum absolute atomic E-state index is 0.172. The first-order valence-corrected chi connectivity index (χ1v) is 10.2. The van der Waals surface area contributed by atoms with Crippen molar-refractivity contribution < 1.29 is 4.79 Å². The molecule has 0 saturated carbocycles. The second kappa shape index (κ2) is 8.65. The Hall–Kier alpha value is -2.21. The molecule has 6 heteroatoms. The van der Waals surface area contributed by atoms with Gasteiger partial charge >= 0.3 is 0 Å². The number of carbonyl (C=O) groups is 1. The average Bonchev–Trinajstić information content (AvgIpc) is 3.26. The van der Waals surface area contributed by atoms with Crippen molar-refractivity contribution in [2.75, 3.05) is 19.6 Å². The zero-order chi connectivity index (χ0) is 18.5. The second-order valence-corrected chi connectivity index (χ2v) is 7.84. The number of rotatable bonds is 6. The monoisotopic (exact) mass is 367 g/mol. The van der Waals surface area contributed by atoms with Crippen LogP contribution in [0.1, 0.15) is 44.1 Å². The van der Waals surface area contributed by atoms with Crippen LogP contribution in [0.5, 0.6) is 0 Å². The molecule has 2 fully saturated rings. The van der Waals surface area contributed by atoms with Gasteiger partial charge in [-0.2, -0.15) is 0 Å². The topological polar surface area (TPSA) is 63.1 Å². The third kappa shape index (κ3) is 4.56. The molecule has 27 heavy (non-hydrogen) atoms. The zero-order valence-corrected chi connectivity index (χ0v) is 15.9. The molecule has 1 N–H and O–H groups in total. The Morgan fingerprint density at radius 1 is 1.04 bits per heavy atom. The van der Waals surface area contributed by atoms with Gasteiger partial charge in [0.15, 0.2) is 0 Å². The molecule has 0 unspecified atom stereocenters. The number of nitrogens with one attached hydrogen (secondary N) is 1. The van der Waals surface area contributed by atoms with Gasteiger partial charge in [0, 0.05) is 24.7 Å². The Balaban J connectivity index is 1.22. The van der Waals surface area contributed by atoms with Crippen LogP contribution in [0.3, 0.4) is 0 Å². The van der Waals surface area contributed by atoms with Crippen molar-refractivity contribution in [3.8, 4) is 5.69 Å². The smallest absolute Gasteiger partial charge is 0.220 e. The molecule has 6 nitrogen and oxygen atoms in total. The highest BCUT2D eigenvalue weighted by Crippen LogP contribution is 2.30. The van der Waals surface area contributed by atoms with Crippen LogP contribution in [0.4, 0.5) is 0 Å². The van der Waals surface area contributed by atoms with Crippen LogP contribution in [0, 0.1) is 5.92 Å². The molecule has 1 amide bonds. The van der Waals surface area contributed by atoms with Gasteiger partial charge in [-0.25, -0.2) is 0 Å². The Morgan fingerprint density at radius 2 is 1.81 bits per heavy atom. The summed E-state index contributed by atoms with van der Waals surface area (Å²) in [4.78, 5) is 15.0. The fourth-order valence-corrected chi connectivity index (χ4v) is 4.58. The number of piperidine rings is 2. The first-order chi connectivity index (χ1) is 13.3. The fraction of sp³-hybridized carbons (Fsp3) is 0.571. The molecular formula is C21H29N5O. The number of aryl methyl sites for hydroxylation is 1. The van der Waals surface area contributed by atoms with E-state index in [4.69, 9.17) is 0 Å². The summed E-state index contributed by atoms with van der Waals surface area (Å²) in [5.74, 6) is 0.803. The number of benzene rings is 1. The number of hydrogen-bond donors (Lipinski definition) is 1. The van der Waals surface area contributed by atoms with Crippen LogP contribution in [0.25, 0.3) is 5.69 Å². The maximum atomic E-state index is 12.3. The lowest BCUT2D eigenvalue weighted by atomic mass is 9.83. The molecule has 3 heterocycles. The molecule has 1 aromatic heterocycles. The number of nitrogens with zero attached hydrogens (tertiary/aromatic N) is 4. The van der Waals surface area contributed by atoms with E-state index in [1.807, 2.05) is 16.7 Å². The van der Waals surface area contributed by atoms with Crippen molar-refractivity contribution in [2.45, 2.75) is 51.0 Å². The molecule has 2 saturated heterocycles. The van der Waals surface area contributed by atoms with E-state index < -0.39 is 0 Å². The second-order valence-electron chi connectivity index (χ2n) is 7.84. The van der Waals surface area contributed by atoms with Crippen LogP contribution in [0.2, 0.25) is 0 Å². The van der Waals surface area contributed by atoms with E-state index in [0.717, 1.165) is 18.7 Å². The van der Waals surface area contributed by atoms with Gasteiger partial charge in [0.05, 0.1) is 0 Å². The first kappa shape index (κ1) is 18.2. The lowest BCUT2D eigenvalue weighted by Crippen LogP contribution is -2.51. The van der Waals surface area contributed by atoms with Crippen LogP contribution >= 0.6 is 0 Å². The number of aromatic nitrogens is 3. The molecule has 0 bridgehead atoms. The predicted octanol–water partition coefficient (Wildman–Crippen LogP) is 2.58. The Morgan fingerprint density at radius 3 is 2.63 bits per heavy atom. The molecule has 0 aliphatic carbocycles. The van der Waals surface area contributed by atoms with Crippen molar-refractivity contribution in [2.24, 2.45) is 5.92 Å². The van der Waals surface area contributed by atoms with Crippen molar-refractivity contribution in [3.05, 3.63) is 42.5 Å². The summed E-state index contributed by atoms with van der Waals surface area (Å²) in [5.41, 5.74) is 2.21. The van der Waals surface area contributed by atoms with Crippen LogP contribution in [-0.2, 0) is 11.2 Å². The summed E-state index contributed by atoms with van der Waals surface area (Å²) >= 11 is 0. The standard InChI is InChI=1S/C21H29N5O/c27-21(22-14-18-4-3-13-25-12-2-1-5-20(18)25)11-8-17-6-9-19(10-7-17)26-15-23-24-16-26/h6-7,9-10,15-16,18,20H,1-5,8,11-14H2,(H,22,27)/t18-,20+/m0/s1. The van der Waals surface area contributed by atoms with Crippen LogP contribution in [-0.4, -0.2) is 51.2 Å². The fourth-order valence-electron chi connectivity index (χ4n) is 4.58. The first-order valence-electron chi connectivity index (χ1n) is 10.2. The van der Waals surface area contributed by atoms with Crippen LogP contribution < -0.4 is 5.32 Å². The van der Waals surface area contributed by atoms with Gasteiger partial charge in [0.25, 0.3) is 0 Å². The molecule has 144 valence electrons. The number of hydrogen-bond acceptors (Lipinski definition) is 4. The Labute approximate surface area is 161 Å². The Kier molecular flexibility index (Phi) is 5.82. The van der Waals surface area contributed by atoms with E-state index in [2.05, 4.69) is 32.5 Å². The maximum absolute atomic E-state index is 12.3. The lowest BCUT2D eigenvalue weighted by molar-refractivity contribution is -0.121. The van der Waals surface area contributed by atoms with E-state index >= 15 is 0 Å². The SMILES string of the molecule is O=C(CCc1ccc(-n2cnnc2)cc1)NC[C@@H]1CCCN2CCCC[C@H]12. The van der Waals surface area contributed by atoms with E-state index in [0.29, 0.717) is 18.4 Å². The van der Waals surface area contributed by atoms with E-state index in [9.17, 15) is 4.79 Å². The van der Waals surface area contributed by atoms with Gasteiger partial charge in [0.2, 0.25) is 5.91 Å². The summed E-state index contributed by atoms with van der Waals surface area (Å²) in [6, 6.07) is 8.91. The summed E-state index contributed by atoms with van der Waals surface area (Å²) in [5, 5.41) is 10.8. The average molecular weight is 367 g/mol. The number of amides is 1. The normalized spacial score (nSPS) is 23.0. The van der Waals surface area contributed by atoms with Gasteiger partial charge < -0.3 is 10.2 Å². The highest BCUT2D eigenvalue weighted by molar-refractivity contribution is 5.76. The highest BCUT2D eigenvalue weighted by Gasteiger charge is 2.32. The van der Waals surface area contributed by atoms with Crippen molar-refractivity contribution in [1.29, 1.82) is 0 Å². The molecular weight excluding hydrogens is 338 g/mol. The molecule has 1 aromatic carbocycles. The van der Waals surface area contributed by atoms with E-state index in [1.54, 1.807) is 12.7 Å². The van der Waals surface area contributed by atoms with Gasteiger partial charge in [-0.1, -0.05) is 18.6 Å². The van der Waals surface area contributed by atoms with Crippen molar-refractivity contribution >= 4 is 5.91 Å². The molecule has 4 rings (SSSR count). The molecule has 2 aliphatic rings. The third-order valence-electron chi connectivity index (χ3n) is 6.08. The largest absolute Gasteiger partial charge is 0.356 e. The Bertz CT molecular complexity index is 726. The van der Waals surface area contributed by atoms with Gasteiger partial charge in [-0.3, -0.25) is 9.36 Å². The number of carbonyl (C=O) groups excluding carboxylic acids is 1. The van der Waals surface area contributed by atoms with Crippen molar-refractivity contribution in [1.82, 2.24) is 25.0 Å². The third-order valence-corrected chi connectivity index (χ3v) is 6.08. The van der Waals surface area contributed by atoms with Crippen LogP contribution in [0.15, 0.2) is 36.9 Å². The van der Waals surface area contributed by atoms with Gasteiger partial charge in [-0.05, 0) is 68.8 Å². The van der Waals surface area contributed by atoms with Crippen molar-refractivity contribution in [3.63, 3.8) is 0 Å². The summed E-state index contributed by atoms with van der Waals surface area (Å²) < 4.78 is 1.87. The lowest BCUT2D eigenvalue weighted by Gasteiger charge is -2.44. The summed E-state index contributed by atoms with van der Waals surface area (Å²) in [6.07, 6.45) is 11.2. The minimum Gasteiger partial charge on any atom is -0.356 e. The van der Waals surface area contributed by atoms with E-state index in [1.165, 1.54) is 50.8 Å². The number of fused-ring (bicyclic) bond motifs is 1. The van der Waals surface area contributed by atoms with Gasteiger partial charge in [0.1, 0.15) is 12.7 Å². The summed E-state index contributed by atoms with van der Waals surface area (Å²) in [6.45, 7) is 3.34. The highest BCUT2D eigenvalue weighted by atomic mass is 16.1. The quantitative estimate of drug-likeness (QED) is 0.852. The summed E-state index contributed by atoms with van der Waals surface area (Å²) in [7, 11) is 0. The van der Waals surface area contributed by atoms with E-state index in [-0.39, 0.29) is 5.91 Å². The van der Waals surface area contributed by atoms with Gasteiger partial charge in [-0.15, -0.1) is 10.2 Å². The molecule has 2 atom stereocenters. The molecule has 2 aliphatic heterocycles. The maximum Gasteiger partial charge on any atom is 0.220 e. The minimum atomic E-state index is 0.172. The molecule has 0 spiro atoms. The molecule has 2 aromatic rings. The predicted molar refractivity (Wildman–Crippen MR) is 105 cm³/mol. The molecule has 0 radical (unpaired) electrons. The zero-order valence-electron chi connectivity index (χ0n) is 15.9.